The fraction of sp³-hybridized carbons (Fsp3) is 0.133. The number of hydrogen-bond donors (Lipinski definition) is 2. The summed E-state index contributed by atoms with van der Waals surface area (Å²) in [4.78, 5) is 0. The monoisotopic (exact) mass is 394 g/mol. The lowest BCUT2D eigenvalue weighted by molar-refractivity contribution is 0.191. The maximum atomic E-state index is 10.1. The molecular formula is C15H12Br2N2O. The molecule has 5 heteroatoms. The molecule has 20 heavy (non-hydrogen) atoms. The van der Waals surface area contributed by atoms with E-state index in [0.717, 1.165) is 20.2 Å². The van der Waals surface area contributed by atoms with Gasteiger partial charge in [0.15, 0.2) is 0 Å². The van der Waals surface area contributed by atoms with E-state index in [4.69, 9.17) is 5.26 Å². The smallest absolute Gasteiger partial charge is 0.0992 e. The van der Waals surface area contributed by atoms with E-state index in [-0.39, 0.29) is 0 Å². The highest BCUT2D eigenvalue weighted by atomic mass is 79.9. The van der Waals surface area contributed by atoms with Crippen LogP contribution in [0.3, 0.4) is 0 Å². The van der Waals surface area contributed by atoms with Crippen molar-refractivity contribution in [3.05, 3.63) is 62.5 Å². The number of rotatable bonds is 4. The van der Waals surface area contributed by atoms with Gasteiger partial charge in [-0.15, -0.1) is 0 Å². The zero-order chi connectivity index (χ0) is 14.5. The third kappa shape index (κ3) is 3.83. The van der Waals surface area contributed by atoms with Crippen LogP contribution in [0.5, 0.6) is 0 Å². The number of aliphatic hydroxyl groups excluding tert-OH is 1. The van der Waals surface area contributed by atoms with Gasteiger partial charge < -0.3 is 10.4 Å². The first kappa shape index (κ1) is 15.0. The Morgan fingerprint density at radius 3 is 2.65 bits per heavy atom. The van der Waals surface area contributed by atoms with E-state index in [0.29, 0.717) is 12.1 Å². The SMILES string of the molecule is N#Cc1ccc(NCC(O)c2cccc(Br)c2)c(Br)c1. The Hall–Kier alpha value is -1.35. The number of nitriles is 1. The molecule has 0 radical (unpaired) electrons. The molecule has 2 N–H and O–H groups in total. The predicted octanol–water partition coefficient (Wildman–Crippen LogP) is 4.23. The molecule has 2 rings (SSSR count). The second-order valence-electron chi connectivity index (χ2n) is 4.26. The largest absolute Gasteiger partial charge is 0.387 e. The quantitative estimate of drug-likeness (QED) is 0.814. The number of halogens is 2. The summed E-state index contributed by atoms with van der Waals surface area (Å²) in [7, 11) is 0. The Kier molecular flexibility index (Phi) is 5.18. The van der Waals surface area contributed by atoms with Crippen molar-refractivity contribution in [2.45, 2.75) is 6.10 Å². The third-order valence-corrected chi connectivity index (χ3v) is 3.97. The highest BCUT2D eigenvalue weighted by molar-refractivity contribution is 9.10. The van der Waals surface area contributed by atoms with Crippen molar-refractivity contribution in [2.24, 2.45) is 0 Å². The molecule has 0 aliphatic carbocycles. The molecule has 2 aromatic rings. The van der Waals surface area contributed by atoms with E-state index >= 15 is 0 Å². The lowest BCUT2D eigenvalue weighted by Gasteiger charge is -2.14. The zero-order valence-electron chi connectivity index (χ0n) is 10.5. The molecule has 3 nitrogen and oxygen atoms in total. The van der Waals surface area contributed by atoms with Crippen LogP contribution in [-0.2, 0) is 0 Å². The Balaban J connectivity index is 2.04. The van der Waals surface area contributed by atoms with Gasteiger partial charge in [0.25, 0.3) is 0 Å². The van der Waals surface area contributed by atoms with Gasteiger partial charge in [0, 0.05) is 21.2 Å². The minimum Gasteiger partial charge on any atom is -0.387 e. The summed E-state index contributed by atoms with van der Waals surface area (Å²) in [6.45, 7) is 0.390. The summed E-state index contributed by atoms with van der Waals surface area (Å²) in [5, 5.41) is 22.1. The van der Waals surface area contributed by atoms with Gasteiger partial charge in [-0.05, 0) is 51.8 Å². The maximum Gasteiger partial charge on any atom is 0.0992 e. The van der Waals surface area contributed by atoms with Gasteiger partial charge in [-0.3, -0.25) is 0 Å². The first-order valence-corrected chi connectivity index (χ1v) is 7.56. The maximum absolute atomic E-state index is 10.1. The van der Waals surface area contributed by atoms with E-state index < -0.39 is 6.10 Å². The molecule has 0 fully saturated rings. The highest BCUT2D eigenvalue weighted by Gasteiger charge is 2.09. The second-order valence-corrected chi connectivity index (χ2v) is 6.03. The number of nitrogens with one attached hydrogen (secondary N) is 1. The van der Waals surface area contributed by atoms with Crippen molar-refractivity contribution in [1.82, 2.24) is 0 Å². The average molecular weight is 396 g/mol. The van der Waals surface area contributed by atoms with Crippen molar-refractivity contribution in [2.75, 3.05) is 11.9 Å². The van der Waals surface area contributed by atoms with E-state index in [1.165, 1.54) is 0 Å². The lowest BCUT2D eigenvalue weighted by Crippen LogP contribution is -2.12. The van der Waals surface area contributed by atoms with Crippen molar-refractivity contribution in [3.8, 4) is 6.07 Å². The van der Waals surface area contributed by atoms with E-state index in [1.807, 2.05) is 30.3 Å². The topological polar surface area (TPSA) is 56.0 Å². The summed E-state index contributed by atoms with van der Waals surface area (Å²) < 4.78 is 1.74. The molecule has 0 bridgehead atoms. The van der Waals surface area contributed by atoms with Gasteiger partial charge >= 0.3 is 0 Å². The fourth-order valence-corrected chi connectivity index (χ4v) is 2.70. The molecule has 0 heterocycles. The third-order valence-electron chi connectivity index (χ3n) is 2.82. The molecule has 2 aromatic carbocycles. The molecule has 0 aliphatic heterocycles. The Labute approximate surface area is 134 Å². The van der Waals surface area contributed by atoms with Gasteiger partial charge in [0.2, 0.25) is 0 Å². The number of hydrogen-bond acceptors (Lipinski definition) is 3. The highest BCUT2D eigenvalue weighted by Crippen LogP contribution is 2.25. The van der Waals surface area contributed by atoms with E-state index in [9.17, 15) is 5.11 Å². The molecule has 0 amide bonds. The molecular weight excluding hydrogens is 384 g/mol. The van der Waals surface area contributed by atoms with Crippen LogP contribution in [0.25, 0.3) is 0 Å². The standard InChI is InChI=1S/C15H12Br2N2O/c16-12-3-1-2-11(7-12)15(20)9-19-14-5-4-10(8-18)6-13(14)17/h1-7,15,19-20H,9H2. The van der Waals surface area contributed by atoms with Crippen molar-refractivity contribution in [3.63, 3.8) is 0 Å². The molecule has 1 unspecified atom stereocenters. The van der Waals surface area contributed by atoms with E-state index in [1.54, 1.807) is 12.1 Å². The van der Waals surface area contributed by atoms with Crippen LogP contribution < -0.4 is 5.32 Å². The number of benzene rings is 2. The first-order valence-electron chi connectivity index (χ1n) is 5.97. The predicted molar refractivity (Wildman–Crippen MR) is 86.4 cm³/mol. The molecule has 0 saturated carbocycles. The van der Waals surface area contributed by atoms with Crippen molar-refractivity contribution < 1.29 is 5.11 Å². The van der Waals surface area contributed by atoms with Gasteiger partial charge in [-0.1, -0.05) is 28.1 Å². The fourth-order valence-electron chi connectivity index (χ4n) is 1.77. The second kappa shape index (κ2) is 6.89. The van der Waals surface area contributed by atoms with Gasteiger partial charge in [-0.25, -0.2) is 0 Å². The van der Waals surface area contributed by atoms with Crippen molar-refractivity contribution in [1.29, 1.82) is 5.26 Å². The summed E-state index contributed by atoms with van der Waals surface area (Å²) in [6, 6.07) is 14.9. The normalized spacial score (nSPS) is 11.7. The van der Waals surface area contributed by atoms with Crippen LogP contribution in [0.1, 0.15) is 17.2 Å². The van der Waals surface area contributed by atoms with Crippen LogP contribution in [0, 0.1) is 11.3 Å². The lowest BCUT2D eigenvalue weighted by atomic mass is 10.1. The number of aliphatic hydroxyl groups is 1. The molecule has 1 atom stereocenters. The van der Waals surface area contributed by atoms with Gasteiger partial charge in [0.05, 0.1) is 17.7 Å². The molecule has 0 aliphatic rings. The van der Waals surface area contributed by atoms with Crippen LogP contribution >= 0.6 is 31.9 Å². The molecule has 0 spiro atoms. The first-order chi connectivity index (χ1) is 9.60. The Morgan fingerprint density at radius 2 is 2.00 bits per heavy atom. The van der Waals surface area contributed by atoms with Gasteiger partial charge in [-0.2, -0.15) is 5.26 Å². The zero-order valence-corrected chi connectivity index (χ0v) is 13.6. The molecule has 0 saturated heterocycles. The minimum atomic E-state index is -0.602. The van der Waals surface area contributed by atoms with Crippen LogP contribution in [-0.4, -0.2) is 11.7 Å². The van der Waals surface area contributed by atoms with Crippen LogP contribution in [0.4, 0.5) is 5.69 Å². The van der Waals surface area contributed by atoms with Crippen LogP contribution in [0.2, 0.25) is 0 Å². The summed E-state index contributed by atoms with van der Waals surface area (Å²) in [6.07, 6.45) is -0.602. The van der Waals surface area contributed by atoms with Gasteiger partial charge in [0.1, 0.15) is 0 Å². The molecule has 102 valence electrons. The number of nitrogens with zero attached hydrogens (tertiary/aromatic N) is 1. The number of anilines is 1. The van der Waals surface area contributed by atoms with E-state index in [2.05, 4.69) is 43.2 Å². The summed E-state index contributed by atoms with van der Waals surface area (Å²) in [5.74, 6) is 0. The average Bonchev–Trinajstić information content (AvgIpc) is 2.45. The van der Waals surface area contributed by atoms with Crippen LogP contribution in [0.15, 0.2) is 51.4 Å². The Bertz CT molecular complexity index is 653. The Morgan fingerprint density at radius 1 is 1.20 bits per heavy atom. The molecule has 0 aromatic heterocycles. The summed E-state index contributed by atoms with van der Waals surface area (Å²) >= 11 is 6.79. The minimum absolute atomic E-state index is 0.390. The van der Waals surface area contributed by atoms with Crippen molar-refractivity contribution >= 4 is 37.5 Å². The summed E-state index contributed by atoms with van der Waals surface area (Å²) in [5.41, 5.74) is 2.28.